The molecule has 7 heteroatoms. The van der Waals surface area contributed by atoms with Crippen LogP contribution in [0.15, 0.2) is 52.9 Å². The van der Waals surface area contributed by atoms with Gasteiger partial charge in [0.05, 0.1) is 20.1 Å². The highest BCUT2D eigenvalue weighted by Crippen LogP contribution is 2.22. The second kappa shape index (κ2) is 7.57. The fourth-order valence-corrected chi connectivity index (χ4v) is 2.25. The first-order valence-corrected chi connectivity index (χ1v) is 7.62. The van der Waals surface area contributed by atoms with Crippen LogP contribution in [0, 0.1) is 5.82 Å². The molecular weight excluding hydrogens is 325 g/mol. The Kier molecular flexibility index (Phi) is 5.03. The number of halogens is 1. The van der Waals surface area contributed by atoms with E-state index in [-0.39, 0.29) is 24.8 Å². The SMILES string of the molecule is COc1cccc(-c2nnc(CNC(=O)Cc3ccccc3F)o2)c1. The lowest BCUT2D eigenvalue weighted by Gasteiger charge is -2.03. The minimum atomic E-state index is -0.407. The van der Waals surface area contributed by atoms with E-state index in [9.17, 15) is 9.18 Å². The zero-order valence-electron chi connectivity index (χ0n) is 13.5. The lowest BCUT2D eigenvalue weighted by molar-refractivity contribution is -0.120. The molecule has 1 N–H and O–H groups in total. The molecule has 1 heterocycles. The van der Waals surface area contributed by atoms with Gasteiger partial charge in [-0.2, -0.15) is 0 Å². The first kappa shape index (κ1) is 16.6. The molecule has 0 radical (unpaired) electrons. The van der Waals surface area contributed by atoms with Crippen molar-refractivity contribution in [2.75, 3.05) is 7.11 Å². The second-order valence-corrected chi connectivity index (χ2v) is 5.28. The van der Waals surface area contributed by atoms with Crippen molar-refractivity contribution < 1.29 is 18.3 Å². The van der Waals surface area contributed by atoms with Gasteiger partial charge in [-0.05, 0) is 29.8 Å². The average Bonchev–Trinajstić information content (AvgIpc) is 3.11. The molecule has 128 valence electrons. The van der Waals surface area contributed by atoms with Crippen LogP contribution in [0.4, 0.5) is 4.39 Å². The molecule has 0 spiro atoms. The van der Waals surface area contributed by atoms with Gasteiger partial charge in [0.2, 0.25) is 17.7 Å². The Balaban J connectivity index is 1.60. The Morgan fingerprint density at radius 2 is 2.04 bits per heavy atom. The van der Waals surface area contributed by atoms with Crippen LogP contribution in [0.2, 0.25) is 0 Å². The zero-order chi connectivity index (χ0) is 17.6. The molecule has 1 amide bonds. The number of hydrogen-bond acceptors (Lipinski definition) is 5. The number of ether oxygens (including phenoxy) is 1. The van der Waals surface area contributed by atoms with Gasteiger partial charge in [0.25, 0.3) is 0 Å². The van der Waals surface area contributed by atoms with Gasteiger partial charge >= 0.3 is 0 Å². The van der Waals surface area contributed by atoms with E-state index < -0.39 is 5.82 Å². The number of rotatable bonds is 6. The number of aromatic nitrogens is 2. The molecule has 0 saturated heterocycles. The van der Waals surface area contributed by atoms with Gasteiger partial charge in [-0.15, -0.1) is 10.2 Å². The van der Waals surface area contributed by atoms with Crippen LogP contribution in [0.25, 0.3) is 11.5 Å². The van der Waals surface area contributed by atoms with Gasteiger partial charge in [-0.3, -0.25) is 4.79 Å². The van der Waals surface area contributed by atoms with Crippen LogP contribution < -0.4 is 10.1 Å². The van der Waals surface area contributed by atoms with E-state index in [2.05, 4.69) is 15.5 Å². The number of hydrogen-bond donors (Lipinski definition) is 1. The number of amides is 1. The maximum Gasteiger partial charge on any atom is 0.247 e. The van der Waals surface area contributed by atoms with Crippen LogP contribution in [0.3, 0.4) is 0 Å². The second-order valence-electron chi connectivity index (χ2n) is 5.28. The van der Waals surface area contributed by atoms with Gasteiger partial charge in [0.15, 0.2) is 0 Å². The summed E-state index contributed by atoms with van der Waals surface area (Å²) in [6.45, 7) is 0.0737. The van der Waals surface area contributed by atoms with E-state index in [1.165, 1.54) is 6.07 Å². The van der Waals surface area contributed by atoms with Crippen molar-refractivity contribution >= 4 is 5.91 Å². The Morgan fingerprint density at radius 1 is 1.20 bits per heavy atom. The van der Waals surface area contributed by atoms with Crippen LogP contribution >= 0.6 is 0 Å². The third-order valence-electron chi connectivity index (χ3n) is 3.53. The molecule has 3 rings (SSSR count). The zero-order valence-corrected chi connectivity index (χ0v) is 13.5. The van der Waals surface area contributed by atoms with Crippen molar-refractivity contribution in [3.05, 3.63) is 65.8 Å². The predicted octanol–water partition coefficient (Wildman–Crippen LogP) is 2.74. The van der Waals surface area contributed by atoms with Gasteiger partial charge in [-0.1, -0.05) is 24.3 Å². The lowest BCUT2D eigenvalue weighted by atomic mass is 10.1. The molecule has 6 nitrogen and oxygen atoms in total. The molecule has 0 aliphatic rings. The highest BCUT2D eigenvalue weighted by molar-refractivity contribution is 5.78. The molecule has 0 aliphatic carbocycles. The molecule has 2 aromatic carbocycles. The maximum absolute atomic E-state index is 13.5. The summed E-state index contributed by atoms with van der Waals surface area (Å²) in [4.78, 5) is 11.9. The third-order valence-corrected chi connectivity index (χ3v) is 3.53. The Morgan fingerprint density at radius 3 is 2.84 bits per heavy atom. The fraction of sp³-hybridized carbons (Fsp3) is 0.167. The van der Waals surface area contributed by atoms with Crippen molar-refractivity contribution in [2.45, 2.75) is 13.0 Å². The number of nitrogens with zero attached hydrogens (tertiary/aromatic N) is 2. The summed E-state index contributed by atoms with van der Waals surface area (Å²) in [7, 11) is 1.57. The average molecular weight is 341 g/mol. The van der Waals surface area contributed by atoms with E-state index in [4.69, 9.17) is 9.15 Å². The number of carbonyl (C=O) groups excluding carboxylic acids is 1. The van der Waals surface area contributed by atoms with Gasteiger partial charge < -0.3 is 14.5 Å². The Hall–Kier alpha value is -3.22. The molecule has 0 aliphatic heterocycles. The largest absolute Gasteiger partial charge is 0.497 e. The summed E-state index contributed by atoms with van der Waals surface area (Å²) in [6, 6.07) is 13.4. The molecule has 25 heavy (non-hydrogen) atoms. The number of methoxy groups -OCH3 is 1. The van der Waals surface area contributed by atoms with Gasteiger partial charge in [0.1, 0.15) is 11.6 Å². The molecule has 1 aromatic heterocycles. The normalized spacial score (nSPS) is 10.5. The van der Waals surface area contributed by atoms with Crippen molar-refractivity contribution in [1.82, 2.24) is 15.5 Å². The Bertz CT molecular complexity index is 879. The number of nitrogens with one attached hydrogen (secondary N) is 1. The van der Waals surface area contributed by atoms with Crippen LogP contribution in [0.5, 0.6) is 5.75 Å². The molecule has 0 saturated carbocycles. The van der Waals surface area contributed by atoms with Crippen molar-refractivity contribution in [1.29, 1.82) is 0 Å². The predicted molar refractivity (Wildman–Crippen MR) is 88.2 cm³/mol. The van der Waals surface area contributed by atoms with E-state index in [0.717, 1.165) is 5.56 Å². The monoisotopic (exact) mass is 341 g/mol. The van der Waals surface area contributed by atoms with Crippen molar-refractivity contribution in [3.63, 3.8) is 0 Å². The number of carbonyl (C=O) groups is 1. The van der Waals surface area contributed by atoms with Crippen LogP contribution in [0.1, 0.15) is 11.5 Å². The van der Waals surface area contributed by atoms with E-state index in [1.807, 2.05) is 18.2 Å². The summed E-state index contributed by atoms with van der Waals surface area (Å²) in [5.41, 5.74) is 1.05. The first-order chi connectivity index (χ1) is 12.2. The molecule has 0 unspecified atom stereocenters. The molecule has 0 bridgehead atoms. The smallest absolute Gasteiger partial charge is 0.247 e. The quantitative estimate of drug-likeness (QED) is 0.746. The molecule has 3 aromatic rings. The number of benzene rings is 2. The Labute approximate surface area is 143 Å². The third kappa shape index (κ3) is 4.20. The topological polar surface area (TPSA) is 77.3 Å². The van der Waals surface area contributed by atoms with Crippen molar-refractivity contribution in [2.24, 2.45) is 0 Å². The molecule has 0 fully saturated rings. The van der Waals surface area contributed by atoms with Gasteiger partial charge in [0, 0.05) is 5.56 Å². The van der Waals surface area contributed by atoms with Crippen LogP contribution in [-0.2, 0) is 17.8 Å². The summed E-state index contributed by atoms with van der Waals surface area (Å²) >= 11 is 0. The highest BCUT2D eigenvalue weighted by Gasteiger charge is 2.12. The highest BCUT2D eigenvalue weighted by atomic mass is 19.1. The standard InChI is InChI=1S/C18H16FN3O3/c1-24-14-7-4-6-13(9-14)18-22-21-17(25-18)11-20-16(23)10-12-5-2-3-8-15(12)19/h2-9H,10-11H2,1H3,(H,20,23). The fourth-order valence-electron chi connectivity index (χ4n) is 2.25. The van der Waals surface area contributed by atoms with Crippen molar-refractivity contribution in [3.8, 4) is 17.2 Å². The lowest BCUT2D eigenvalue weighted by Crippen LogP contribution is -2.25. The molecular formula is C18H16FN3O3. The van der Waals surface area contributed by atoms with Crippen LogP contribution in [-0.4, -0.2) is 23.2 Å². The summed E-state index contributed by atoms with van der Waals surface area (Å²) in [5.74, 6) is 0.536. The first-order valence-electron chi connectivity index (χ1n) is 7.62. The van der Waals surface area contributed by atoms with Gasteiger partial charge in [-0.25, -0.2) is 4.39 Å². The van der Waals surface area contributed by atoms with E-state index >= 15 is 0 Å². The van der Waals surface area contributed by atoms with E-state index in [0.29, 0.717) is 17.2 Å². The summed E-state index contributed by atoms with van der Waals surface area (Å²) in [6.07, 6.45) is -0.0520. The summed E-state index contributed by atoms with van der Waals surface area (Å²) < 4.78 is 24.2. The minimum Gasteiger partial charge on any atom is -0.497 e. The summed E-state index contributed by atoms with van der Waals surface area (Å²) in [5, 5.41) is 10.5. The van der Waals surface area contributed by atoms with E-state index in [1.54, 1.807) is 31.4 Å². The molecule has 0 atom stereocenters. The maximum atomic E-state index is 13.5. The minimum absolute atomic E-state index is 0.0520.